The highest BCUT2D eigenvalue weighted by atomic mass is 16.2. The molecule has 2 aromatic carbocycles. The predicted octanol–water partition coefficient (Wildman–Crippen LogP) is 4.28. The zero-order valence-electron chi connectivity index (χ0n) is 19.7. The Kier molecular flexibility index (Phi) is 7.49. The molecule has 0 bridgehead atoms. The van der Waals surface area contributed by atoms with Crippen LogP contribution >= 0.6 is 0 Å². The van der Waals surface area contributed by atoms with E-state index in [1.54, 1.807) is 6.07 Å². The number of aryl methyl sites for hydroxylation is 1. The van der Waals surface area contributed by atoms with Crippen molar-refractivity contribution in [1.29, 1.82) is 5.26 Å². The molecule has 1 saturated carbocycles. The Labute approximate surface area is 201 Å². The fourth-order valence-corrected chi connectivity index (χ4v) is 4.98. The molecule has 4 rings (SSSR count). The molecule has 1 heterocycles. The average Bonchev–Trinajstić information content (AvgIpc) is 2.86. The van der Waals surface area contributed by atoms with Gasteiger partial charge in [-0.3, -0.25) is 4.79 Å². The minimum Gasteiger partial charge on any atom is -0.339 e. The molecule has 7 nitrogen and oxygen atoms in total. The van der Waals surface area contributed by atoms with Crippen molar-refractivity contribution in [2.45, 2.75) is 63.5 Å². The topological polar surface area (TPSA) is 111 Å². The standard InChI is InChI=1S/C27H33N5O2/c1-18-6-9-22(16-25(18)31-27(34)30-24-5-3-2-4-23(24)29)26(33)32-14-12-21(13-15-32)20-10-7-19(17-28)8-11-20/h6-11,16,21,23-24H,2-5,12-15,29H2,1H3,(H2,30,31,34)/t23-,24-/m0/s1. The van der Waals surface area contributed by atoms with E-state index in [0.717, 1.165) is 44.1 Å². The molecule has 0 spiro atoms. The number of piperidine rings is 1. The molecule has 34 heavy (non-hydrogen) atoms. The summed E-state index contributed by atoms with van der Waals surface area (Å²) >= 11 is 0. The van der Waals surface area contributed by atoms with Crippen molar-refractivity contribution in [1.82, 2.24) is 10.2 Å². The summed E-state index contributed by atoms with van der Waals surface area (Å²) in [5.41, 5.74) is 10.1. The molecule has 2 aliphatic rings. The number of carbonyl (C=O) groups is 2. The number of benzene rings is 2. The normalized spacial score (nSPS) is 20.9. The van der Waals surface area contributed by atoms with Crippen LogP contribution in [0.2, 0.25) is 0 Å². The number of nitrogens with zero attached hydrogens (tertiary/aromatic N) is 2. The van der Waals surface area contributed by atoms with Gasteiger partial charge < -0.3 is 21.3 Å². The van der Waals surface area contributed by atoms with E-state index < -0.39 is 0 Å². The van der Waals surface area contributed by atoms with Gasteiger partial charge in [-0.1, -0.05) is 31.0 Å². The molecule has 1 aliphatic carbocycles. The zero-order valence-corrected chi connectivity index (χ0v) is 19.7. The van der Waals surface area contributed by atoms with Crippen LogP contribution in [0.3, 0.4) is 0 Å². The van der Waals surface area contributed by atoms with E-state index in [4.69, 9.17) is 11.0 Å². The van der Waals surface area contributed by atoms with Crippen LogP contribution in [-0.4, -0.2) is 42.0 Å². The highest BCUT2D eigenvalue weighted by Gasteiger charge is 2.26. The summed E-state index contributed by atoms with van der Waals surface area (Å²) in [5, 5.41) is 14.9. The van der Waals surface area contributed by atoms with Crippen LogP contribution in [0.1, 0.15) is 71.5 Å². The molecule has 2 fully saturated rings. The molecule has 3 amide bonds. The van der Waals surface area contributed by atoms with Gasteiger partial charge in [-0.25, -0.2) is 4.79 Å². The summed E-state index contributed by atoms with van der Waals surface area (Å²) in [6.07, 6.45) is 5.77. The Morgan fingerprint density at radius 2 is 1.74 bits per heavy atom. The maximum Gasteiger partial charge on any atom is 0.319 e. The van der Waals surface area contributed by atoms with E-state index in [0.29, 0.717) is 35.8 Å². The molecule has 1 aliphatic heterocycles. The lowest BCUT2D eigenvalue weighted by Gasteiger charge is -2.32. The van der Waals surface area contributed by atoms with Crippen LogP contribution in [0, 0.1) is 18.3 Å². The minimum atomic E-state index is -0.279. The molecule has 4 N–H and O–H groups in total. The maximum absolute atomic E-state index is 13.2. The molecule has 0 radical (unpaired) electrons. The Morgan fingerprint density at radius 3 is 2.41 bits per heavy atom. The lowest BCUT2D eigenvalue weighted by molar-refractivity contribution is 0.0713. The summed E-state index contributed by atoms with van der Waals surface area (Å²) < 4.78 is 0. The molecule has 2 atom stereocenters. The Hall–Kier alpha value is -3.37. The second-order valence-corrected chi connectivity index (χ2v) is 9.48. The van der Waals surface area contributed by atoms with Crippen LogP contribution in [0.25, 0.3) is 0 Å². The number of nitrogens with two attached hydrogens (primary N) is 1. The fraction of sp³-hybridized carbons (Fsp3) is 0.444. The molecule has 178 valence electrons. The van der Waals surface area contributed by atoms with Gasteiger partial charge >= 0.3 is 6.03 Å². The van der Waals surface area contributed by atoms with E-state index in [9.17, 15) is 9.59 Å². The number of carbonyl (C=O) groups excluding carboxylic acids is 2. The van der Waals surface area contributed by atoms with Crippen molar-refractivity contribution >= 4 is 17.6 Å². The van der Waals surface area contributed by atoms with Crippen LogP contribution in [0.4, 0.5) is 10.5 Å². The smallest absolute Gasteiger partial charge is 0.319 e. The SMILES string of the molecule is Cc1ccc(C(=O)N2CCC(c3ccc(C#N)cc3)CC2)cc1NC(=O)N[C@H]1CCCC[C@@H]1N. The second-order valence-electron chi connectivity index (χ2n) is 9.48. The van der Waals surface area contributed by atoms with Gasteiger partial charge in [-0.2, -0.15) is 5.26 Å². The molecule has 2 aromatic rings. The monoisotopic (exact) mass is 459 g/mol. The van der Waals surface area contributed by atoms with Crippen molar-refractivity contribution < 1.29 is 9.59 Å². The van der Waals surface area contributed by atoms with Gasteiger partial charge in [0.2, 0.25) is 0 Å². The fourth-order valence-electron chi connectivity index (χ4n) is 4.98. The first-order chi connectivity index (χ1) is 16.4. The van der Waals surface area contributed by atoms with E-state index in [-0.39, 0.29) is 24.0 Å². The summed E-state index contributed by atoms with van der Waals surface area (Å²) in [6.45, 7) is 3.28. The van der Waals surface area contributed by atoms with Crippen molar-refractivity contribution in [3.63, 3.8) is 0 Å². The third-order valence-corrected chi connectivity index (χ3v) is 7.16. The van der Waals surface area contributed by atoms with Gasteiger partial charge in [-0.05, 0) is 73.9 Å². The second kappa shape index (κ2) is 10.7. The van der Waals surface area contributed by atoms with E-state index in [1.165, 1.54) is 5.56 Å². The van der Waals surface area contributed by atoms with Crippen molar-refractivity contribution in [2.75, 3.05) is 18.4 Å². The first kappa shape index (κ1) is 23.8. The zero-order chi connectivity index (χ0) is 24.1. The van der Waals surface area contributed by atoms with Crippen molar-refractivity contribution in [2.24, 2.45) is 5.73 Å². The van der Waals surface area contributed by atoms with Crippen LogP contribution in [-0.2, 0) is 0 Å². The highest BCUT2D eigenvalue weighted by Crippen LogP contribution is 2.29. The first-order valence-electron chi connectivity index (χ1n) is 12.2. The lowest BCUT2D eigenvalue weighted by Crippen LogP contribution is -2.50. The number of nitrogens with one attached hydrogen (secondary N) is 2. The minimum absolute atomic E-state index is 0.0132. The van der Waals surface area contributed by atoms with Gasteiger partial charge in [-0.15, -0.1) is 0 Å². The first-order valence-corrected chi connectivity index (χ1v) is 12.2. The van der Waals surface area contributed by atoms with E-state index >= 15 is 0 Å². The molecular formula is C27H33N5O2. The van der Waals surface area contributed by atoms with Crippen LogP contribution < -0.4 is 16.4 Å². The number of hydrogen-bond acceptors (Lipinski definition) is 4. The Balaban J connectivity index is 1.36. The van der Waals surface area contributed by atoms with Crippen LogP contribution in [0.15, 0.2) is 42.5 Å². The summed E-state index contributed by atoms with van der Waals surface area (Å²) in [5.74, 6) is 0.373. The molecule has 0 unspecified atom stereocenters. The van der Waals surface area contributed by atoms with Crippen molar-refractivity contribution in [3.8, 4) is 6.07 Å². The van der Waals surface area contributed by atoms with Gasteiger partial charge in [0, 0.05) is 36.4 Å². The predicted molar refractivity (Wildman–Crippen MR) is 133 cm³/mol. The number of urea groups is 1. The Morgan fingerprint density at radius 1 is 1.03 bits per heavy atom. The van der Waals surface area contributed by atoms with Gasteiger partial charge in [0.15, 0.2) is 0 Å². The lowest BCUT2D eigenvalue weighted by atomic mass is 9.89. The highest BCUT2D eigenvalue weighted by molar-refractivity contribution is 5.97. The van der Waals surface area contributed by atoms with Gasteiger partial charge in [0.25, 0.3) is 5.91 Å². The molecule has 1 saturated heterocycles. The van der Waals surface area contributed by atoms with Crippen molar-refractivity contribution in [3.05, 3.63) is 64.7 Å². The Bertz CT molecular complexity index is 1070. The number of likely N-dealkylation sites (tertiary alicyclic amines) is 1. The largest absolute Gasteiger partial charge is 0.339 e. The van der Waals surface area contributed by atoms with Crippen LogP contribution in [0.5, 0.6) is 0 Å². The van der Waals surface area contributed by atoms with E-state index in [2.05, 4.69) is 16.7 Å². The maximum atomic E-state index is 13.2. The number of anilines is 1. The van der Waals surface area contributed by atoms with Gasteiger partial charge in [0.1, 0.15) is 0 Å². The summed E-state index contributed by atoms with van der Waals surface area (Å²) in [6, 6.07) is 15.0. The number of hydrogen-bond donors (Lipinski definition) is 3. The molecular weight excluding hydrogens is 426 g/mol. The third kappa shape index (κ3) is 5.57. The quantitative estimate of drug-likeness (QED) is 0.634. The number of nitriles is 1. The average molecular weight is 460 g/mol. The molecule has 0 aromatic heterocycles. The number of rotatable bonds is 4. The third-order valence-electron chi connectivity index (χ3n) is 7.16. The molecule has 7 heteroatoms. The van der Waals surface area contributed by atoms with Gasteiger partial charge in [0.05, 0.1) is 11.6 Å². The summed E-state index contributed by atoms with van der Waals surface area (Å²) in [4.78, 5) is 27.6. The number of amides is 3. The van der Waals surface area contributed by atoms with E-state index in [1.807, 2.05) is 48.2 Å². The summed E-state index contributed by atoms with van der Waals surface area (Å²) in [7, 11) is 0.